The number of rotatable bonds is 46. The third-order valence-corrected chi connectivity index (χ3v) is 20.8. The van der Waals surface area contributed by atoms with E-state index in [9.17, 15) is 72.5 Å². The number of hydrogen-bond acceptors (Lipinski definition) is 27. The number of nitrogens with one attached hydrogen (secondary N) is 9. The number of unbranched alkanes of at least 4 members (excludes halogenated alkanes) is 1. The van der Waals surface area contributed by atoms with Crippen molar-refractivity contribution in [3.05, 3.63) is 155 Å². The molecule has 1 saturated heterocycles. The number of hydrogen-bond donors (Lipinski definition) is 21. The summed E-state index contributed by atoms with van der Waals surface area (Å²) in [7, 11) is -1.90. The summed E-state index contributed by atoms with van der Waals surface area (Å²) >= 11 is 1.71. The Balaban J connectivity index is 0.000000446. The third-order valence-electron chi connectivity index (χ3n) is 17.9. The summed E-state index contributed by atoms with van der Waals surface area (Å²) in [5.41, 5.74) is 11.1. The van der Waals surface area contributed by atoms with Gasteiger partial charge in [-0.1, -0.05) is 35.9 Å². The van der Waals surface area contributed by atoms with E-state index in [4.69, 9.17) is 52.9 Å². The van der Waals surface area contributed by atoms with Gasteiger partial charge in [0.15, 0.2) is 5.96 Å². The topological polar surface area (TPSA) is 687 Å². The second-order valence-corrected chi connectivity index (χ2v) is 29.9. The van der Waals surface area contributed by atoms with Crippen LogP contribution in [0.4, 0.5) is 5.82 Å². The molecule has 121 heavy (non-hydrogen) atoms. The number of aliphatic imine (C=N–C) groups is 1. The Labute approximate surface area is 704 Å². The number of carboxylic acid groups (broad SMARTS) is 3. The number of aliphatic carboxylic acids is 3. The van der Waals surface area contributed by atoms with Gasteiger partial charge in [-0.15, -0.1) is 0 Å². The molecule has 9 amide bonds. The minimum absolute atomic E-state index is 0.0176. The summed E-state index contributed by atoms with van der Waals surface area (Å²) in [5.74, 6) is -9.60. The molecule has 2 heterocycles. The zero-order valence-electron chi connectivity index (χ0n) is 65.7. The molecule has 6 rings (SSSR count). The summed E-state index contributed by atoms with van der Waals surface area (Å²) in [6.07, 6.45) is 3.39. The number of aromatic nitrogens is 1. The van der Waals surface area contributed by atoms with Crippen molar-refractivity contribution >= 4 is 112 Å². The summed E-state index contributed by atoms with van der Waals surface area (Å²) in [6, 6.07) is 23.9. The molecule has 0 spiro atoms. The Morgan fingerprint density at radius 1 is 0.579 bits per heavy atom. The molecule has 1 aliphatic rings. The average Bonchev–Trinajstić information content (AvgIpc) is 0.990. The molecule has 23 N–H and O–H groups in total. The van der Waals surface area contributed by atoms with Crippen molar-refractivity contribution in [1.29, 1.82) is 0 Å². The van der Waals surface area contributed by atoms with Crippen molar-refractivity contribution in [2.75, 3.05) is 72.4 Å². The zero-order valence-corrected chi connectivity index (χ0v) is 68.6. The number of Topliss-reactive ketones (excluding diaryl/α,β-unsaturated/α-hetero) is 1. The van der Waals surface area contributed by atoms with Gasteiger partial charge in [-0.2, -0.15) is 0 Å². The maximum atomic E-state index is 13.9. The van der Waals surface area contributed by atoms with Crippen molar-refractivity contribution in [2.45, 2.75) is 138 Å². The third kappa shape index (κ3) is 37.9. The van der Waals surface area contributed by atoms with Crippen LogP contribution in [0.15, 0.2) is 132 Å². The number of nitrogens with zero attached hydrogens (tertiary/aromatic N) is 5. The van der Waals surface area contributed by atoms with Crippen LogP contribution in [0, 0.1) is 0 Å². The van der Waals surface area contributed by atoms with Crippen LogP contribution in [0.5, 0.6) is 0 Å². The number of ketones is 1. The van der Waals surface area contributed by atoms with Gasteiger partial charge < -0.3 is 90.0 Å². The van der Waals surface area contributed by atoms with Crippen LogP contribution in [0.1, 0.15) is 131 Å². The van der Waals surface area contributed by atoms with Crippen molar-refractivity contribution < 1.29 is 152 Å². The van der Waals surface area contributed by atoms with E-state index in [2.05, 4.69) is 91.2 Å². The van der Waals surface area contributed by atoms with Crippen LogP contribution in [-0.2, 0) is 87.8 Å². The second kappa shape index (κ2) is 56.3. The molecular formula is C76H102N16O27PTc+. The molecule has 5 aromatic rings. The first-order valence-corrected chi connectivity index (χ1v) is 40.0. The molecule has 0 aliphatic carbocycles. The zero-order chi connectivity index (χ0) is 89.2. The van der Waals surface area contributed by atoms with Crippen molar-refractivity contribution in [1.82, 2.24) is 56.2 Å². The van der Waals surface area contributed by atoms with Crippen molar-refractivity contribution in [2.24, 2.45) is 21.6 Å². The first-order valence-electron chi connectivity index (χ1n) is 37.7. The number of amides is 9. The van der Waals surface area contributed by atoms with Gasteiger partial charge in [-0.05, 0) is 143 Å². The van der Waals surface area contributed by atoms with Crippen LogP contribution < -0.4 is 78.6 Å². The van der Waals surface area contributed by atoms with Crippen LogP contribution >= 0.6 is 7.92 Å². The van der Waals surface area contributed by atoms with Gasteiger partial charge in [0.2, 0.25) is 29.5 Å². The summed E-state index contributed by atoms with van der Waals surface area (Å²) in [6.45, 7) is -1.54. The van der Waals surface area contributed by atoms with Gasteiger partial charge in [0.1, 0.15) is 64.6 Å². The van der Waals surface area contributed by atoms with E-state index < -0.39 is 160 Å². The molecule has 659 valence electrons. The van der Waals surface area contributed by atoms with E-state index in [1.165, 1.54) is 13.1 Å². The number of benzene rings is 4. The fourth-order valence-electron chi connectivity index (χ4n) is 11.4. The Bertz CT molecular complexity index is 4150. The number of carboxylic acids is 3. The Hall–Kier alpha value is -11.3. The summed E-state index contributed by atoms with van der Waals surface area (Å²) in [4.78, 5) is 189. The number of aliphatic hydroxyl groups excluding tert-OH is 3. The predicted molar refractivity (Wildman–Crippen MR) is 428 cm³/mol. The maximum absolute atomic E-state index is 13.9. The molecule has 1 aromatic heterocycles. The molecule has 43 nitrogen and oxygen atoms in total. The molecule has 1 aliphatic heterocycles. The molecule has 3 unspecified atom stereocenters. The number of carbonyl (C=O) groups excluding carboxylic acids is 10. The van der Waals surface area contributed by atoms with Gasteiger partial charge >= 0.3 is 116 Å². The minimum Gasteiger partial charge on any atom is -0.642 e. The molecule has 45 heteroatoms. The van der Waals surface area contributed by atoms with Gasteiger partial charge in [0, 0.05) is 55.9 Å². The molecule has 0 saturated carbocycles. The number of guanidine groups is 1. The molecular weight excluding hydrogens is 1700 g/mol. The van der Waals surface area contributed by atoms with Crippen molar-refractivity contribution in [3.63, 3.8) is 0 Å². The standard InChI is InChI=1S/C36H44N3O15P.C34H45N12O7.C6H12NO5.Tc/c40-32(37-26(22-54-50)4-1-19-51-47)23-7-13-27(14-8-23)55(28-15-9-24(10-16-28)33(41)38-30(35(43)44)5-2-20-52-48)29-17-11-25(12-18-29)34(42)39-31(36(45)46)6-3-21-53-49;1-20(47)16-25-32(52)45-26(17-21-8-3-2-4-9-21)33(53)44-24(10-5-6-14-38-29(49)22-12-13-27(46-37)40-18-22)31(51)43-23(11-7-15-39-34(35)36)30(50)41-19-28(48)42-25;8-2-6(3-9,4-10)7-1-5(11)12;/h7-18,26,30-31,47-50H,1-6,19-22H2,(H,37,40)(H,38,41)(H,39,42)(H,43,44)(H,45,46);2-4,8-9,12-13,18,23-26H,5-7,10-11,14-17,19H2,1H3,(H,38,49)(H,41,50)(H,42,48)(H,43,51)(H,44,53)(H,45,52)(H4,35,36,39);8-10H,1-4H2,(H,11,12);/q;2*-1;+2/p+1/t;23-,24-,25-,26+;;/m.0../s1. The van der Waals surface area contributed by atoms with Crippen LogP contribution in [0.25, 0.3) is 5.32 Å². The normalized spacial score (nSPS) is 15.9. The van der Waals surface area contributed by atoms with Gasteiger partial charge in [-0.25, -0.2) is 29.1 Å². The fourth-order valence-corrected chi connectivity index (χ4v) is 14.1. The molecule has 0 bridgehead atoms. The maximum Gasteiger partial charge on any atom is 0.326 e. The summed E-state index contributed by atoms with van der Waals surface area (Å²) < 4.78 is 3.61. The Kier molecular flexibility index (Phi) is 47.5. The average molecular weight is 1800 g/mol. The van der Waals surface area contributed by atoms with E-state index in [0.29, 0.717) is 48.2 Å². The molecule has 0 radical (unpaired) electrons. The SMILES string of the molecule is CC(=O)C[C@@H]1NC(=O)CNC(=O)[C@H](CCCN=C(N)N)NC(=O)[C@H](CCCCNC(=O)c2ccc(N=[N+]=[Tc])nc2)NC(=O)[C@@H](Cc2ccccc2)NC1=O.O=C(NC(CCCOO)COO)c1ccc([PH+](c2ccc(C(=O)NC(CCCOO)C(=O)O)cc2)c2ccc(C(=O)NC(CCCOO)C(=O)O)cc2)cc1.O=C(O)C[N-]C(CO)(CO)CO. The van der Waals surface area contributed by atoms with E-state index in [1.54, 1.807) is 134 Å². The van der Waals surface area contributed by atoms with Crippen LogP contribution in [0.2, 0.25) is 0 Å². The first kappa shape index (κ1) is 102. The molecule has 4 aromatic carbocycles. The summed E-state index contributed by atoms with van der Waals surface area (Å²) in [5, 5.41) is 121. The van der Waals surface area contributed by atoms with Gasteiger partial charge in [-0.3, -0.25) is 74.0 Å². The van der Waals surface area contributed by atoms with Crippen molar-refractivity contribution in [3.8, 4) is 0 Å². The van der Waals surface area contributed by atoms with E-state index in [-0.39, 0.29) is 120 Å². The molecule has 1 fully saturated rings. The van der Waals surface area contributed by atoms with Gasteiger partial charge in [0.25, 0.3) is 23.7 Å². The molecule has 7 atom stereocenters. The van der Waals surface area contributed by atoms with Crippen LogP contribution in [-0.4, -0.2) is 260 Å². The smallest absolute Gasteiger partial charge is 0.326 e. The fraction of sp³-hybridized carbons (Fsp3) is 0.434. The van der Waals surface area contributed by atoms with Crippen LogP contribution in [0.3, 0.4) is 0 Å². The Morgan fingerprint density at radius 2 is 1.05 bits per heavy atom. The predicted octanol–water partition coefficient (Wildman–Crippen LogP) is -1.69. The number of carbonyl (C=O) groups is 13. The monoisotopic (exact) mass is 1800 g/mol. The van der Waals surface area contributed by atoms with E-state index in [0.717, 1.165) is 15.9 Å². The van der Waals surface area contributed by atoms with Gasteiger partial charge in [0.05, 0.1) is 40.3 Å². The number of nitrogens with two attached hydrogens (primary N) is 2. The minimum atomic E-state index is -1.90. The quantitative estimate of drug-likeness (QED) is 0.00302. The van der Waals surface area contributed by atoms with E-state index >= 15 is 0 Å². The Morgan fingerprint density at radius 3 is 1.50 bits per heavy atom. The van der Waals surface area contributed by atoms with E-state index in [1.807, 2.05) is 0 Å². The first-order chi connectivity index (χ1) is 58.0. The number of pyridine rings is 1. The largest absolute Gasteiger partial charge is 0.642 e. The number of aliphatic hydroxyl groups is 3. The second-order valence-electron chi connectivity index (χ2n) is 27.0.